The van der Waals surface area contributed by atoms with Crippen LogP contribution in [0.25, 0.3) is 0 Å². The van der Waals surface area contributed by atoms with E-state index >= 15 is 0 Å². The van der Waals surface area contributed by atoms with Crippen molar-refractivity contribution in [3.05, 3.63) is 35.9 Å². The highest BCUT2D eigenvalue weighted by molar-refractivity contribution is 5.73. The first-order chi connectivity index (χ1) is 9.70. The van der Waals surface area contributed by atoms with E-state index in [2.05, 4.69) is 34.9 Å². The van der Waals surface area contributed by atoms with Crippen LogP contribution in [0.5, 0.6) is 0 Å². The van der Waals surface area contributed by atoms with Gasteiger partial charge in [0, 0.05) is 13.1 Å². The van der Waals surface area contributed by atoms with Gasteiger partial charge in [-0.1, -0.05) is 43.7 Å². The fourth-order valence-corrected chi connectivity index (χ4v) is 2.51. The first-order valence-corrected chi connectivity index (χ1v) is 7.45. The number of urea groups is 1. The van der Waals surface area contributed by atoms with Gasteiger partial charge in [-0.3, -0.25) is 0 Å². The highest BCUT2D eigenvalue weighted by Crippen LogP contribution is 2.46. The monoisotopic (exact) mass is 276 g/mol. The minimum absolute atomic E-state index is 0.182. The van der Waals surface area contributed by atoms with Gasteiger partial charge in [0.15, 0.2) is 0 Å². The molecule has 0 spiro atoms. The molecule has 0 saturated heterocycles. The molecule has 3 N–H and O–H groups in total. The lowest BCUT2D eigenvalue weighted by atomic mass is 10.1. The van der Waals surface area contributed by atoms with Crippen molar-refractivity contribution in [2.45, 2.75) is 38.2 Å². The third-order valence-corrected chi connectivity index (χ3v) is 3.80. The second kappa shape index (κ2) is 7.29. The van der Waals surface area contributed by atoms with Crippen LogP contribution in [0.1, 0.15) is 37.7 Å². The van der Waals surface area contributed by atoms with Gasteiger partial charge in [0.1, 0.15) is 0 Å². The van der Waals surface area contributed by atoms with Gasteiger partial charge in [-0.2, -0.15) is 0 Å². The lowest BCUT2D eigenvalue weighted by Gasteiger charge is -2.11. The van der Waals surface area contributed by atoms with Gasteiger partial charge in [-0.05, 0) is 30.2 Å². The van der Waals surface area contributed by atoms with Crippen molar-refractivity contribution in [1.82, 2.24) is 10.6 Å². The highest BCUT2D eigenvalue weighted by Gasteiger charge is 2.37. The third-order valence-electron chi connectivity index (χ3n) is 3.80. The molecule has 1 fully saturated rings. The number of hydrogen-bond acceptors (Lipinski definition) is 2. The van der Waals surface area contributed by atoms with E-state index in [-0.39, 0.29) is 6.03 Å². The summed E-state index contributed by atoms with van der Waals surface area (Å²) in [7, 11) is 0. The molecule has 0 aliphatic heterocycles. The fraction of sp³-hybridized carbons (Fsp3) is 0.562. The Kier molecular flexibility index (Phi) is 5.41. The summed E-state index contributed by atoms with van der Waals surface area (Å²) in [6.07, 6.45) is 2.34. The van der Waals surface area contributed by atoms with E-state index in [1.807, 2.05) is 13.0 Å². The van der Waals surface area contributed by atoms with E-state index < -0.39 is 6.10 Å². The van der Waals surface area contributed by atoms with Crippen molar-refractivity contribution in [2.24, 2.45) is 5.92 Å². The number of amides is 2. The molecule has 20 heavy (non-hydrogen) atoms. The van der Waals surface area contributed by atoms with E-state index in [0.29, 0.717) is 24.9 Å². The molecule has 0 radical (unpaired) electrons. The average molecular weight is 276 g/mol. The van der Waals surface area contributed by atoms with E-state index in [0.717, 1.165) is 19.3 Å². The van der Waals surface area contributed by atoms with Crippen molar-refractivity contribution in [3.63, 3.8) is 0 Å². The average Bonchev–Trinajstić information content (AvgIpc) is 3.24. The second-order valence-electron chi connectivity index (χ2n) is 5.55. The van der Waals surface area contributed by atoms with Crippen LogP contribution in [0.2, 0.25) is 0 Å². The van der Waals surface area contributed by atoms with Gasteiger partial charge in [0.05, 0.1) is 6.10 Å². The normalized spacial score (nSPS) is 22.1. The lowest BCUT2D eigenvalue weighted by molar-refractivity contribution is 0.160. The smallest absolute Gasteiger partial charge is 0.314 e. The van der Waals surface area contributed by atoms with Crippen LogP contribution >= 0.6 is 0 Å². The van der Waals surface area contributed by atoms with E-state index in [9.17, 15) is 9.90 Å². The summed E-state index contributed by atoms with van der Waals surface area (Å²) >= 11 is 0. The predicted octanol–water partition coefficient (Wildman–Crippen LogP) is 2.25. The molecule has 1 saturated carbocycles. The number of hydrogen-bond donors (Lipinski definition) is 3. The number of carbonyl (C=O) groups is 1. The van der Waals surface area contributed by atoms with E-state index in [1.165, 1.54) is 5.56 Å². The number of aliphatic hydroxyl groups is 1. The molecule has 4 heteroatoms. The van der Waals surface area contributed by atoms with Gasteiger partial charge in [0.25, 0.3) is 0 Å². The summed E-state index contributed by atoms with van der Waals surface area (Å²) in [5, 5.41) is 15.1. The van der Waals surface area contributed by atoms with Crippen LogP contribution in [0, 0.1) is 5.92 Å². The molecule has 3 unspecified atom stereocenters. The van der Waals surface area contributed by atoms with Crippen LogP contribution in [0.3, 0.4) is 0 Å². The Balaban J connectivity index is 1.61. The maximum absolute atomic E-state index is 11.6. The molecule has 0 heterocycles. The highest BCUT2D eigenvalue weighted by atomic mass is 16.3. The summed E-state index contributed by atoms with van der Waals surface area (Å²) in [6.45, 7) is 3.04. The van der Waals surface area contributed by atoms with Crippen LogP contribution in [-0.4, -0.2) is 30.3 Å². The molecule has 3 atom stereocenters. The Morgan fingerprint density at radius 1 is 1.35 bits per heavy atom. The summed E-state index contributed by atoms with van der Waals surface area (Å²) in [6, 6.07) is 10.2. The molecule has 1 aliphatic rings. The van der Waals surface area contributed by atoms with Crippen LogP contribution in [-0.2, 0) is 0 Å². The zero-order chi connectivity index (χ0) is 14.4. The molecule has 2 amide bonds. The summed E-state index contributed by atoms with van der Waals surface area (Å²) in [5.74, 6) is 1.13. The molecule has 0 aromatic heterocycles. The topological polar surface area (TPSA) is 61.4 Å². The molecule has 110 valence electrons. The van der Waals surface area contributed by atoms with Crippen LogP contribution < -0.4 is 10.6 Å². The van der Waals surface area contributed by atoms with Crippen molar-refractivity contribution in [1.29, 1.82) is 0 Å². The minimum Gasteiger partial charge on any atom is -0.391 e. The Morgan fingerprint density at radius 3 is 2.80 bits per heavy atom. The van der Waals surface area contributed by atoms with E-state index in [4.69, 9.17) is 0 Å². The van der Waals surface area contributed by atoms with Gasteiger partial charge < -0.3 is 15.7 Å². The molecular weight excluding hydrogens is 252 g/mol. The largest absolute Gasteiger partial charge is 0.391 e. The fourth-order valence-electron chi connectivity index (χ4n) is 2.51. The van der Waals surface area contributed by atoms with Gasteiger partial charge in [-0.15, -0.1) is 0 Å². The molecule has 1 aromatic carbocycles. The van der Waals surface area contributed by atoms with Crippen molar-refractivity contribution in [3.8, 4) is 0 Å². The minimum atomic E-state index is -0.441. The Morgan fingerprint density at radius 2 is 2.10 bits per heavy atom. The molecule has 0 bridgehead atoms. The standard InChI is InChI=1S/C16H24N2O2/c1-2-6-14(19)11-18-16(20)17-10-13-9-15(13)12-7-4-3-5-8-12/h3-5,7-8,13-15,19H,2,6,9-11H2,1H3,(H2,17,18,20). The van der Waals surface area contributed by atoms with Crippen molar-refractivity contribution >= 4 is 6.03 Å². The number of nitrogens with one attached hydrogen (secondary N) is 2. The predicted molar refractivity (Wildman–Crippen MR) is 79.6 cm³/mol. The first-order valence-electron chi connectivity index (χ1n) is 7.45. The number of benzene rings is 1. The SMILES string of the molecule is CCCC(O)CNC(=O)NCC1CC1c1ccccc1. The second-order valence-corrected chi connectivity index (χ2v) is 5.55. The summed E-state index contributed by atoms with van der Waals surface area (Å²) in [4.78, 5) is 11.6. The van der Waals surface area contributed by atoms with E-state index in [1.54, 1.807) is 0 Å². The Labute approximate surface area is 120 Å². The van der Waals surface area contributed by atoms with Gasteiger partial charge in [0.2, 0.25) is 0 Å². The quantitative estimate of drug-likeness (QED) is 0.715. The molecular formula is C16H24N2O2. The third kappa shape index (κ3) is 4.53. The lowest BCUT2D eigenvalue weighted by Crippen LogP contribution is -2.40. The van der Waals surface area contributed by atoms with Crippen LogP contribution in [0.4, 0.5) is 4.79 Å². The maximum atomic E-state index is 11.6. The first kappa shape index (κ1) is 14.9. The molecule has 2 rings (SSSR count). The zero-order valence-electron chi connectivity index (χ0n) is 12.0. The summed E-state index contributed by atoms with van der Waals surface area (Å²) < 4.78 is 0. The number of carbonyl (C=O) groups excluding carboxylic acids is 1. The summed E-state index contributed by atoms with van der Waals surface area (Å²) in [5.41, 5.74) is 1.36. The Bertz CT molecular complexity index is 422. The molecule has 1 aromatic rings. The van der Waals surface area contributed by atoms with Gasteiger partial charge in [-0.25, -0.2) is 4.79 Å². The molecule has 1 aliphatic carbocycles. The number of aliphatic hydroxyl groups excluding tert-OH is 1. The van der Waals surface area contributed by atoms with Gasteiger partial charge >= 0.3 is 6.03 Å². The zero-order valence-corrected chi connectivity index (χ0v) is 12.0. The van der Waals surface area contributed by atoms with Crippen LogP contribution in [0.15, 0.2) is 30.3 Å². The molecule has 4 nitrogen and oxygen atoms in total. The maximum Gasteiger partial charge on any atom is 0.314 e. The number of rotatable bonds is 7. The van der Waals surface area contributed by atoms with Crippen molar-refractivity contribution < 1.29 is 9.90 Å². The Hall–Kier alpha value is -1.55. The van der Waals surface area contributed by atoms with Crippen molar-refractivity contribution in [2.75, 3.05) is 13.1 Å².